The SMILES string of the molecule is O=C(O)C1(C(F)F)CCCNC1. The molecule has 1 aliphatic heterocycles. The Morgan fingerprint density at radius 3 is 2.50 bits per heavy atom. The van der Waals surface area contributed by atoms with Crippen LogP contribution in [0.3, 0.4) is 0 Å². The summed E-state index contributed by atoms with van der Waals surface area (Å²) < 4.78 is 24.8. The molecule has 0 aliphatic carbocycles. The van der Waals surface area contributed by atoms with Gasteiger partial charge >= 0.3 is 5.97 Å². The molecule has 1 rings (SSSR count). The predicted molar refractivity (Wildman–Crippen MR) is 38.2 cm³/mol. The Kier molecular flexibility index (Phi) is 2.62. The highest BCUT2D eigenvalue weighted by Crippen LogP contribution is 2.33. The minimum atomic E-state index is -2.79. The molecule has 70 valence electrons. The lowest BCUT2D eigenvalue weighted by Crippen LogP contribution is -2.50. The Morgan fingerprint density at radius 2 is 2.25 bits per heavy atom. The van der Waals surface area contributed by atoms with Gasteiger partial charge in [0.1, 0.15) is 5.41 Å². The van der Waals surface area contributed by atoms with E-state index in [1.54, 1.807) is 0 Å². The number of carbonyl (C=O) groups is 1. The van der Waals surface area contributed by atoms with Gasteiger partial charge in [-0.3, -0.25) is 4.79 Å². The van der Waals surface area contributed by atoms with Crippen molar-refractivity contribution in [2.75, 3.05) is 13.1 Å². The van der Waals surface area contributed by atoms with E-state index in [0.29, 0.717) is 13.0 Å². The Morgan fingerprint density at radius 1 is 1.58 bits per heavy atom. The fraction of sp³-hybridized carbons (Fsp3) is 0.857. The van der Waals surface area contributed by atoms with E-state index in [2.05, 4.69) is 5.32 Å². The zero-order chi connectivity index (χ0) is 9.19. The van der Waals surface area contributed by atoms with Gasteiger partial charge in [-0.25, -0.2) is 8.78 Å². The first-order valence-corrected chi connectivity index (χ1v) is 3.82. The van der Waals surface area contributed by atoms with E-state index >= 15 is 0 Å². The minimum absolute atomic E-state index is 0.0625. The van der Waals surface area contributed by atoms with Crippen LogP contribution in [0.2, 0.25) is 0 Å². The van der Waals surface area contributed by atoms with Gasteiger partial charge in [0.15, 0.2) is 0 Å². The molecule has 0 amide bonds. The second-order valence-electron chi connectivity index (χ2n) is 3.04. The first kappa shape index (κ1) is 9.38. The normalized spacial score (nSPS) is 30.6. The fourth-order valence-corrected chi connectivity index (χ4v) is 1.39. The number of piperidine rings is 1. The minimum Gasteiger partial charge on any atom is -0.481 e. The zero-order valence-electron chi connectivity index (χ0n) is 6.52. The van der Waals surface area contributed by atoms with E-state index in [-0.39, 0.29) is 13.0 Å². The molecule has 1 aliphatic rings. The van der Waals surface area contributed by atoms with Gasteiger partial charge in [-0.05, 0) is 19.4 Å². The predicted octanol–water partition coefficient (Wildman–Crippen LogP) is 0.706. The number of nitrogens with one attached hydrogen (secondary N) is 1. The van der Waals surface area contributed by atoms with E-state index < -0.39 is 17.8 Å². The van der Waals surface area contributed by atoms with Crippen molar-refractivity contribution in [2.24, 2.45) is 5.41 Å². The smallest absolute Gasteiger partial charge is 0.316 e. The van der Waals surface area contributed by atoms with Crippen LogP contribution < -0.4 is 5.32 Å². The third-order valence-corrected chi connectivity index (χ3v) is 2.26. The van der Waals surface area contributed by atoms with Gasteiger partial charge in [0.05, 0.1) is 0 Å². The molecular weight excluding hydrogens is 168 g/mol. The van der Waals surface area contributed by atoms with Crippen molar-refractivity contribution in [3.05, 3.63) is 0 Å². The molecule has 1 heterocycles. The van der Waals surface area contributed by atoms with Crippen molar-refractivity contribution in [1.82, 2.24) is 5.32 Å². The molecule has 1 fully saturated rings. The highest BCUT2D eigenvalue weighted by Gasteiger charge is 2.48. The van der Waals surface area contributed by atoms with Crippen molar-refractivity contribution in [3.63, 3.8) is 0 Å². The van der Waals surface area contributed by atoms with Gasteiger partial charge in [-0.1, -0.05) is 0 Å². The number of hydrogen-bond acceptors (Lipinski definition) is 2. The monoisotopic (exact) mass is 179 g/mol. The first-order chi connectivity index (χ1) is 5.59. The van der Waals surface area contributed by atoms with Gasteiger partial charge in [0, 0.05) is 6.54 Å². The molecule has 12 heavy (non-hydrogen) atoms. The van der Waals surface area contributed by atoms with Crippen LogP contribution in [0.5, 0.6) is 0 Å². The van der Waals surface area contributed by atoms with Crippen molar-refractivity contribution >= 4 is 5.97 Å². The number of halogens is 2. The molecule has 0 spiro atoms. The van der Waals surface area contributed by atoms with E-state index in [1.807, 2.05) is 0 Å². The average molecular weight is 179 g/mol. The third kappa shape index (κ3) is 1.41. The molecule has 1 saturated heterocycles. The standard InChI is InChI=1S/C7H11F2NO2/c8-5(9)7(6(11)12)2-1-3-10-4-7/h5,10H,1-4H2,(H,11,12). The lowest BCUT2D eigenvalue weighted by atomic mass is 9.81. The molecule has 0 aromatic heterocycles. The molecular formula is C7H11F2NO2. The molecule has 0 saturated carbocycles. The highest BCUT2D eigenvalue weighted by molar-refractivity contribution is 5.75. The number of alkyl halides is 2. The maximum Gasteiger partial charge on any atom is 0.316 e. The molecule has 2 N–H and O–H groups in total. The van der Waals surface area contributed by atoms with E-state index in [1.165, 1.54) is 0 Å². The summed E-state index contributed by atoms with van der Waals surface area (Å²) in [6.45, 7) is 0.502. The summed E-state index contributed by atoms with van der Waals surface area (Å²) >= 11 is 0. The highest BCUT2D eigenvalue weighted by atomic mass is 19.3. The Balaban J connectivity index is 2.77. The van der Waals surface area contributed by atoms with Gasteiger partial charge in [0.25, 0.3) is 6.43 Å². The maximum atomic E-state index is 12.4. The summed E-state index contributed by atoms with van der Waals surface area (Å²) in [5.41, 5.74) is -1.85. The molecule has 1 unspecified atom stereocenters. The quantitative estimate of drug-likeness (QED) is 0.656. The van der Waals surface area contributed by atoms with Crippen LogP contribution in [0.15, 0.2) is 0 Å². The van der Waals surface area contributed by atoms with Crippen LogP contribution in [-0.2, 0) is 4.79 Å². The molecule has 0 radical (unpaired) electrons. The van der Waals surface area contributed by atoms with Crippen LogP contribution in [0.25, 0.3) is 0 Å². The summed E-state index contributed by atoms with van der Waals surface area (Å²) in [4.78, 5) is 10.6. The van der Waals surface area contributed by atoms with Gasteiger partial charge in [-0.2, -0.15) is 0 Å². The van der Waals surface area contributed by atoms with Crippen LogP contribution in [0.1, 0.15) is 12.8 Å². The molecule has 1 atom stereocenters. The van der Waals surface area contributed by atoms with Gasteiger partial charge in [0.2, 0.25) is 0 Å². The topological polar surface area (TPSA) is 49.3 Å². The lowest BCUT2D eigenvalue weighted by Gasteiger charge is -2.32. The van der Waals surface area contributed by atoms with Crippen molar-refractivity contribution in [1.29, 1.82) is 0 Å². The summed E-state index contributed by atoms with van der Waals surface area (Å²) in [5.74, 6) is -1.40. The Hall–Kier alpha value is -0.710. The molecule has 0 bridgehead atoms. The molecule has 5 heteroatoms. The van der Waals surface area contributed by atoms with Gasteiger partial charge in [-0.15, -0.1) is 0 Å². The lowest BCUT2D eigenvalue weighted by molar-refractivity contribution is -0.161. The van der Waals surface area contributed by atoms with Crippen LogP contribution >= 0.6 is 0 Å². The molecule has 0 aromatic rings. The van der Waals surface area contributed by atoms with Crippen LogP contribution in [0.4, 0.5) is 8.78 Å². The second-order valence-corrected chi connectivity index (χ2v) is 3.04. The molecule has 3 nitrogen and oxygen atoms in total. The summed E-state index contributed by atoms with van der Waals surface area (Å²) in [6.07, 6.45) is -2.23. The van der Waals surface area contributed by atoms with Crippen molar-refractivity contribution in [3.8, 4) is 0 Å². The summed E-state index contributed by atoms with van der Waals surface area (Å²) in [6, 6.07) is 0. The van der Waals surface area contributed by atoms with Gasteiger partial charge < -0.3 is 10.4 Å². The largest absolute Gasteiger partial charge is 0.481 e. The maximum absolute atomic E-state index is 12.4. The van der Waals surface area contributed by atoms with E-state index in [4.69, 9.17) is 5.11 Å². The van der Waals surface area contributed by atoms with Crippen molar-refractivity contribution in [2.45, 2.75) is 19.3 Å². The number of hydrogen-bond donors (Lipinski definition) is 2. The number of aliphatic carboxylic acids is 1. The number of carboxylic acids is 1. The Bertz CT molecular complexity index is 178. The second kappa shape index (κ2) is 3.35. The zero-order valence-corrected chi connectivity index (χ0v) is 6.52. The fourth-order valence-electron chi connectivity index (χ4n) is 1.39. The van der Waals surface area contributed by atoms with E-state index in [0.717, 1.165) is 0 Å². The van der Waals surface area contributed by atoms with Crippen molar-refractivity contribution < 1.29 is 18.7 Å². The average Bonchev–Trinajstić information content (AvgIpc) is 2.05. The van der Waals surface area contributed by atoms with E-state index in [9.17, 15) is 13.6 Å². The first-order valence-electron chi connectivity index (χ1n) is 3.82. The number of rotatable bonds is 2. The molecule has 0 aromatic carbocycles. The van der Waals surface area contributed by atoms with Crippen LogP contribution in [-0.4, -0.2) is 30.6 Å². The summed E-state index contributed by atoms with van der Waals surface area (Å²) in [5, 5.41) is 11.3. The summed E-state index contributed by atoms with van der Waals surface area (Å²) in [7, 11) is 0. The van der Waals surface area contributed by atoms with Crippen LogP contribution in [0, 0.1) is 5.41 Å². The third-order valence-electron chi connectivity index (χ3n) is 2.26. The number of carboxylic acid groups (broad SMARTS) is 1. The Labute approximate surface area is 68.8 Å².